The lowest BCUT2D eigenvalue weighted by atomic mass is 9.98. The first-order valence-corrected chi connectivity index (χ1v) is 7.46. The molecule has 3 N–H and O–H groups in total. The van der Waals surface area contributed by atoms with Crippen molar-refractivity contribution in [1.82, 2.24) is 10.6 Å². The van der Waals surface area contributed by atoms with E-state index in [4.69, 9.17) is 0 Å². The molecule has 1 fully saturated rings. The van der Waals surface area contributed by atoms with Crippen LogP contribution in [0.4, 0.5) is 4.79 Å². The molecule has 0 radical (unpaired) electrons. The number of aryl methyl sites for hydroxylation is 1. The summed E-state index contributed by atoms with van der Waals surface area (Å²) in [5, 5.41) is 14.7. The van der Waals surface area contributed by atoms with Gasteiger partial charge in [-0.1, -0.05) is 43.2 Å². The van der Waals surface area contributed by atoms with E-state index in [1.165, 1.54) is 5.56 Å². The highest BCUT2D eigenvalue weighted by Crippen LogP contribution is 2.29. The van der Waals surface area contributed by atoms with E-state index < -0.39 is 11.5 Å². The zero-order valence-corrected chi connectivity index (χ0v) is 12.1. The van der Waals surface area contributed by atoms with Crippen molar-refractivity contribution in [2.45, 2.75) is 44.1 Å². The zero-order valence-electron chi connectivity index (χ0n) is 12.1. The summed E-state index contributed by atoms with van der Waals surface area (Å²) in [4.78, 5) is 23.2. The van der Waals surface area contributed by atoms with Gasteiger partial charge in [-0.05, 0) is 31.2 Å². The quantitative estimate of drug-likeness (QED) is 0.703. The second-order valence-corrected chi connectivity index (χ2v) is 5.56. The number of rotatable bonds is 6. The topological polar surface area (TPSA) is 78.4 Å². The molecule has 0 saturated heterocycles. The maximum Gasteiger partial charge on any atom is 0.329 e. The second-order valence-electron chi connectivity index (χ2n) is 5.56. The summed E-state index contributed by atoms with van der Waals surface area (Å²) in [6, 6.07) is 9.68. The summed E-state index contributed by atoms with van der Waals surface area (Å²) in [5.41, 5.74) is 0.168. The van der Waals surface area contributed by atoms with Crippen LogP contribution in [0.2, 0.25) is 0 Å². The molecular formula is C16H22N2O3. The third-order valence-electron chi connectivity index (χ3n) is 3.99. The summed E-state index contributed by atoms with van der Waals surface area (Å²) in [7, 11) is 0. The van der Waals surface area contributed by atoms with Gasteiger partial charge in [0.05, 0.1) is 0 Å². The van der Waals surface area contributed by atoms with Crippen LogP contribution < -0.4 is 10.6 Å². The lowest BCUT2D eigenvalue weighted by Crippen LogP contribution is -2.55. The molecule has 0 aliphatic heterocycles. The Balaban J connectivity index is 1.71. The number of carbonyl (C=O) groups excluding carboxylic acids is 1. The molecule has 1 aromatic carbocycles. The third-order valence-corrected chi connectivity index (χ3v) is 3.99. The number of nitrogens with one attached hydrogen (secondary N) is 2. The second kappa shape index (κ2) is 7.11. The van der Waals surface area contributed by atoms with Crippen molar-refractivity contribution >= 4 is 12.0 Å². The van der Waals surface area contributed by atoms with Crippen LogP contribution in [0.15, 0.2) is 30.3 Å². The molecule has 2 rings (SSSR count). The molecule has 114 valence electrons. The summed E-state index contributed by atoms with van der Waals surface area (Å²) < 4.78 is 0. The molecule has 1 aliphatic rings. The van der Waals surface area contributed by atoms with E-state index in [9.17, 15) is 14.7 Å². The Morgan fingerprint density at radius 1 is 1.14 bits per heavy atom. The Morgan fingerprint density at radius 2 is 1.81 bits per heavy atom. The molecular weight excluding hydrogens is 268 g/mol. The van der Waals surface area contributed by atoms with Gasteiger partial charge in [0.25, 0.3) is 0 Å². The molecule has 1 saturated carbocycles. The number of amides is 2. The highest BCUT2D eigenvalue weighted by molar-refractivity contribution is 5.86. The molecule has 21 heavy (non-hydrogen) atoms. The van der Waals surface area contributed by atoms with Gasteiger partial charge in [-0.15, -0.1) is 0 Å². The Kier molecular flexibility index (Phi) is 5.20. The predicted octanol–water partition coefficient (Wildman–Crippen LogP) is 2.32. The maximum atomic E-state index is 11.8. The molecule has 0 atom stereocenters. The van der Waals surface area contributed by atoms with E-state index in [0.717, 1.165) is 25.7 Å². The summed E-state index contributed by atoms with van der Waals surface area (Å²) in [5.74, 6) is -0.931. The van der Waals surface area contributed by atoms with E-state index >= 15 is 0 Å². The first kappa shape index (κ1) is 15.4. The average molecular weight is 290 g/mol. The van der Waals surface area contributed by atoms with E-state index in [1.807, 2.05) is 18.2 Å². The SMILES string of the molecule is O=C(NCCCc1ccccc1)NC1(C(=O)O)CCCC1. The lowest BCUT2D eigenvalue weighted by molar-refractivity contribution is -0.144. The Labute approximate surface area is 124 Å². The number of carboxylic acid groups (broad SMARTS) is 1. The minimum Gasteiger partial charge on any atom is -0.480 e. The zero-order chi connectivity index (χ0) is 15.1. The fourth-order valence-electron chi connectivity index (χ4n) is 2.77. The number of hydrogen-bond donors (Lipinski definition) is 3. The van der Waals surface area contributed by atoms with E-state index in [0.29, 0.717) is 19.4 Å². The highest BCUT2D eigenvalue weighted by atomic mass is 16.4. The first-order valence-electron chi connectivity index (χ1n) is 7.46. The van der Waals surface area contributed by atoms with E-state index in [2.05, 4.69) is 22.8 Å². The van der Waals surface area contributed by atoms with Crippen LogP contribution >= 0.6 is 0 Å². The molecule has 0 heterocycles. The first-order chi connectivity index (χ1) is 10.1. The molecule has 0 bridgehead atoms. The van der Waals surface area contributed by atoms with Crippen molar-refractivity contribution in [1.29, 1.82) is 0 Å². The monoisotopic (exact) mass is 290 g/mol. The standard InChI is InChI=1S/C16H22N2O3/c19-14(20)16(10-4-5-11-16)18-15(21)17-12-6-9-13-7-2-1-3-8-13/h1-3,7-8H,4-6,9-12H2,(H,19,20)(H2,17,18,21). The number of urea groups is 1. The number of carboxylic acids is 1. The van der Waals surface area contributed by atoms with Crippen LogP contribution in [-0.4, -0.2) is 29.2 Å². The van der Waals surface area contributed by atoms with Gasteiger partial charge in [0, 0.05) is 6.54 Å². The van der Waals surface area contributed by atoms with Crippen LogP contribution in [0.5, 0.6) is 0 Å². The number of hydrogen-bond acceptors (Lipinski definition) is 2. The predicted molar refractivity (Wildman–Crippen MR) is 80.1 cm³/mol. The summed E-state index contributed by atoms with van der Waals surface area (Å²) >= 11 is 0. The van der Waals surface area contributed by atoms with E-state index in [1.54, 1.807) is 0 Å². The normalized spacial score (nSPS) is 16.4. The Morgan fingerprint density at radius 3 is 2.43 bits per heavy atom. The van der Waals surface area contributed by atoms with Crippen molar-refractivity contribution < 1.29 is 14.7 Å². The van der Waals surface area contributed by atoms with Gasteiger partial charge in [0.1, 0.15) is 5.54 Å². The Hall–Kier alpha value is -2.04. The van der Waals surface area contributed by atoms with Crippen LogP contribution in [0.3, 0.4) is 0 Å². The van der Waals surface area contributed by atoms with Gasteiger partial charge in [-0.2, -0.15) is 0 Å². The highest BCUT2D eigenvalue weighted by Gasteiger charge is 2.42. The lowest BCUT2D eigenvalue weighted by Gasteiger charge is -2.25. The van der Waals surface area contributed by atoms with Gasteiger partial charge < -0.3 is 15.7 Å². The molecule has 0 spiro atoms. The van der Waals surface area contributed by atoms with Crippen molar-refractivity contribution in [2.75, 3.05) is 6.54 Å². The van der Waals surface area contributed by atoms with Gasteiger partial charge in [-0.25, -0.2) is 9.59 Å². The van der Waals surface area contributed by atoms with Gasteiger partial charge in [0.2, 0.25) is 0 Å². The number of carbonyl (C=O) groups is 2. The van der Waals surface area contributed by atoms with Crippen LogP contribution in [-0.2, 0) is 11.2 Å². The van der Waals surface area contributed by atoms with Crippen molar-refractivity contribution in [2.24, 2.45) is 0 Å². The largest absolute Gasteiger partial charge is 0.480 e. The Bertz CT molecular complexity index is 482. The van der Waals surface area contributed by atoms with Crippen molar-refractivity contribution in [3.05, 3.63) is 35.9 Å². The van der Waals surface area contributed by atoms with Crippen LogP contribution in [0.25, 0.3) is 0 Å². The average Bonchev–Trinajstić information content (AvgIpc) is 2.94. The molecule has 0 aromatic heterocycles. The molecule has 5 heteroatoms. The fourth-order valence-corrected chi connectivity index (χ4v) is 2.77. The van der Waals surface area contributed by atoms with Crippen molar-refractivity contribution in [3.63, 3.8) is 0 Å². The fraction of sp³-hybridized carbons (Fsp3) is 0.500. The maximum absolute atomic E-state index is 11.8. The van der Waals surface area contributed by atoms with Crippen LogP contribution in [0, 0.1) is 0 Å². The number of aliphatic carboxylic acids is 1. The third kappa shape index (κ3) is 4.21. The molecule has 0 unspecified atom stereocenters. The molecule has 5 nitrogen and oxygen atoms in total. The van der Waals surface area contributed by atoms with Crippen LogP contribution in [0.1, 0.15) is 37.7 Å². The summed E-state index contributed by atoms with van der Waals surface area (Å²) in [6.07, 6.45) is 4.45. The molecule has 1 aromatic rings. The smallest absolute Gasteiger partial charge is 0.329 e. The van der Waals surface area contributed by atoms with Crippen molar-refractivity contribution in [3.8, 4) is 0 Å². The van der Waals surface area contributed by atoms with Gasteiger partial charge in [-0.3, -0.25) is 0 Å². The number of benzene rings is 1. The summed E-state index contributed by atoms with van der Waals surface area (Å²) in [6.45, 7) is 0.538. The molecule has 1 aliphatic carbocycles. The van der Waals surface area contributed by atoms with E-state index in [-0.39, 0.29) is 6.03 Å². The molecule has 2 amide bonds. The minimum atomic E-state index is -1.07. The minimum absolute atomic E-state index is 0.382. The van der Waals surface area contributed by atoms with Gasteiger partial charge >= 0.3 is 12.0 Å². The van der Waals surface area contributed by atoms with Gasteiger partial charge in [0.15, 0.2) is 0 Å².